The van der Waals surface area contributed by atoms with E-state index in [4.69, 9.17) is 9.47 Å². The third-order valence-electron chi connectivity index (χ3n) is 4.89. The van der Waals surface area contributed by atoms with Crippen LogP contribution >= 0.6 is 0 Å². The second kappa shape index (κ2) is 9.71. The third kappa shape index (κ3) is 5.40. The Morgan fingerprint density at radius 3 is 2.32 bits per heavy atom. The molecule has 0 radical (unpaired) electrons. The van der Waals surface area contributed by atoms with Crippen molar-refractivity contribution in [3.63, 3.8) is 0 Å². The van der Waals surface area contributed by atoms with E-state index in [1.54, 1.807) is 0 Å². The molecule has 1 aliphatic rings. The van der Waals surface area contributed by atoms with Crippen LogP contribution in [0.1, 0.15) is 49.3 Å². The fourth-order valence-corrected chi connectivity index (χ4v) is 3.44. The van der Waals surface area contributed by atoms with Gasteiger partial charge in [-0.25, -0.2) is 0 Å². The van der Waals surface area contributed by atoms with Gasteiger partial charge in [0.1, 0.15) is 0 Å². The lowest BCUT2D eigenvalue weighted by Gasteiger charge is -2.27. The van der Waals surface area contributed by atoms with Gasteiger partial charge in [0.2, 0.25) is 0 Å². The topological polar surface area (TPSA) is 30.5 Å². The van der Waals surface area contributed by atoms with Crippen molar-refractivity contribution in [1.29, 1.82) is 0 Å². The first-order valence-corrected chi connectivity index (χ1v) is 9.41. The Hall–Kier alpha value is -1.68. The maximum absolute atomic E-state index is 5.87. The van der Waals surface area contributed by atoms with Crippen molar-refractivity contribution in [2.45, 2.75) is 44.4 Å². The van der Waals surface area contributed by atoms with Crippen molar-refractivity contribution < 1.29 is 9.47 Å². The minimum atomic E-state index is -0.0164. The van der Waals surface area contributed by atoms with Crippen LogP contribution in [0.25, 0.3) is 0 Å². The Balaban J connectivity index is 1.59. The van der Waals surface area contributed by atoms with Crippen LogP contribution < -0.4 is 5.32 Å². The number of hydrogen-bond donors (Lipinski definition) is 1. The van der Waals surface area contributed by atoms with E-state index in [0.717, 1.165) is 26.0 Å². The lowest BCUT2D eigenvalue weighted by atomic mass is 9.88. The Kier molecular flexibility index (Phi) is 7.04. The number of hydrogen-bond acceptors (Lipinski definition) is 3. The summed E-state index contributed by atoms with van der Waals surface area (Å²) >= 11 is 0. The fourth-order valence-electron chi connectivity index (χ4n) is 3.44. The summed E-state index contributed by atoms with van der Waals surface area (Å²) < 4.78 is 11.5. The van der Waals surface area contributed by atoms with Gasteiger partial charge in [-0.3, -0.25) is 0 Å². The Morgan fingerprint density at radius 2 is 1.68 bits per heavy atom. The lowest BCUT2D eigenvalue weighted by Crippen LogP contribution is -2.31. The van der Waals surface area contributed by atoms with Crippen LogP contribution in [0.3, 0.4) is 0 Å². The van der Waals surface area contributed by atoms with Gasteiger partial charge in [0.25, 0.3) is 0 Å². The van der Waals surface area contributed by atoms with Gasteiger partial charge in [0.05, 0.1) is 6.61 Å². The summed E-state index contributed by atoms with van der Waals surface area (Å²) in [5, 5.41) is 3.69. The molecule has 1 saturated heterocycles. The number of nitrogens with one attached hydrogen (secondary N) is 1. The lowest BCUT2D eigenvalue weighted by molar-refractivity contribution is -0.161. The van der Waals surface area contributed by atoms with Gasteiger partial charge in [-0.05, 0) is 30.4 Å². The van der Waals surface area contributed by atoms with Crippen LogP contribution in [0, 0.1) is 0 Å². The standard InChI is InChI=1S/C22H29NO2/c1-18(19-10-4-2-5-11-19)22(20-12-6-3-7-13-20)23-15-17-25-21-14-8-9-16-24-21/h2-7,10-13,18,21-23H,8-9,14-17H2,1H3/t18-,21?,22+/m0/s1. The zero-order valence-corrected chi connectivity index (χ0v) is 15.1. The summed E-state index contributed by atoms with van der Waals surface area (Å²) in [5.41, 5.74) is 2.66. The van der Waals surface area contributed by atoms with Crippen molar-refractivity contribution in [2.24, 2.45) is 0 Å². The Bertz CT molecular complexity index is 596. The highest BCUT2D eigenvalue weighted by molar-refractivity contribution is 5.27. The normalized spacial score (nSPS) is 20.1. The minimum Gasteiger partial charge on any atom is -0.353 e. The molecule has 3 rings (SSSR count). The summed E-state index contributed by atoms with van der Waals surface area (Å²) in [6.07, 6.45) is 3.36. The average molecular weight is 339 g/mol. The molecule has 0 spiro atoms. The van der Waals surface area contributed by atoms with E-state index < -0.39 is 0 Å². The largest absolute Gasteiger partial charge is 0.353 e. The van der Waals surface area contributed by atoms with E-state index in [2.05, 4.69) is 72.9 Å². The summed E-state index contributed by atoms with van der Waals surface area (Å²) in [6, 6.07) is 21.6. The van der Waals surface area contributed by atoms with E-state index in [9.17, 15) is 0 Å². The Morgan fingerprint density at radius 1 is 1.00 bits per heavy atom. The van der Waals surface area contributed by atoms with Crippen molar-refractivity contribution in [2.75, 3.05) is 19.8 Å². The fraction of sp³-hybridized carbons (Fsp3) is 0.455. The van der Waals surface area contributed by atoms with Crippen LogP contribution in [0.15, 0.2) is 60.7 Å². The molecule has 1 fully saturated rings. The third-order valence-corrected chi connectivity index (χ3v) is 4.89. The van der Waals surface area contributed by atoms with Crippen LogP contribution in [-0.2, 0) is 9.47 Å². The molecule has 0 amide bonds. The number of ether oxygens (including phenoxy) is 2. The van der Waals surface area contributed by atoms with Crippen molar-refractivity contribution in [3.8, 4) is 0 Å². The summed E-state index contributed by atoms with van der Waals surface area (Å²) in [4.78, 5) is 0. The molecule has 1 N–H and O–H groups in total. The average Bonchev–Trinajstić information content (AvgIpc) is 2.70. The summed E-state index contributed by atoms with van der Waals surface area (Å²) in [6.45, 7) is 4.60. The van der Waals surface area contributed by atoms with Gasteiger partial charge in [-0.15, -0.1) is 0 Å². The SMILES string of the molecule is C[C@@H](c1ccccc1)[C@@H](NCCOC1CCCCO1)c1ccccc1. The van der Waals surface area contributed by atoms with Crippen molar-refractivity contribution in [1.82, 2.24) is 5.32 Å². The number of benzene rings is 2. The molecule has 3 nitrogen and oxygen atoms in total. The molecule has 2 aromatic rings. The molecule has 1 aliphatic heterocycles. The molecule has 0 bridgehead atoms. The van der Waals surface area contributed by atoms with Crippen molar-refractivity contribution in [3.05, 3.63) is 71.8 Å². The molecular weight excluding hydrogens is 310 g/mol. The molecule has 25 heavy (non-hydrogen) atoms. The molecule has 0 saturated carbocycles. The molecule has 1 heterocycles. The van der Waals surface area contributed by atoms with Crippen LogP contribution in [-0.4, -0.2) is 26.0 Å². The van der Waals surface area contributed by atoms with E-state index in [0.29, 0.717) is 12.5 Å². The molecular formula is C22H29NO2. The quantitative estimate of drug-likeness (QED) is 0.709. The van der Waals surface area contributed by atoms with Gasteiger partial charge >= 0.3 is 0 Å². The monoisotopic (exact) mass is 339 g/mol. The molecule has 0 aromatic heterocycles. The molecule has 3 atom stereocenters. The minimum absolute atomic E-state index is 0.0164. The molecule has 2 aromatic carbocycles. The number of rotatable bonds is 8. The van der Waals surface area contributed by atoms with Crippen LogP contribution in [0.4, 0.5) is 0 Å². The highest BCUT2D eigenvalue weighted by Gasteiger charge is 2.20. The van der Waals surface area contributed by atoms with Gasteiger partial charge in [0, 0.05) is 25.1 Å². The highest BCUT2D eigenvalue weighted by atomic mass is 16.7. The van der Waals surface area contributed by atoms with Gasteiger partial charge in [-0.2, -0.15) is 0 Å². The van der Waals surface area contributed by atoms with Gasteiger partial charge in [0.15, 0.2) is 6.29 Å². The highest BCUT2D eigenvalue weighted by Crippen LogP contribution is 2.30. The summed E-state index contributed by atoms with van der Waals surface area (Å²) in [7, 11) is 0. The Labute approximate surface area is 151 Å². The zero-order valence-electron chi connectivity index (χ0n) is 15.1. The van der Waals surface area contributed by atoms with Crippen molar-refractivity contribution >= 4 is 0 Å². The van der Waals surface area contributed by atoms with E-state index in [1.165, 1.54) is 17.5 Å². The smallest absolute Gasteiger partial charge is 0.157 e. The van der Waals surface area contributed by atoms with Gasteiger partial charge in [-0.1, -0.05) is 67.6 Å². The second-order valence-corrected chi connectivity index (χ2v) is 6.71. The van der Waals surface area contributed by atoms with Crippen LogP contribution in [0.5, 0.6) is 0 Å². The second-order valence-electron chi connectivity index (χ2n) is 6.71. The van der Waals surface area contributed by atoms with E-state index in [-0.39, 0.29) is 12.3 Å². The van der Waals surface area contributed by atoms with Crippen LogP contribution in [0.2, 0.25) is 0 Å². The molecule has 3 heteroatoms. The molecule has 1 unspecified atom stereocenters. The molecule has 0 aliphatic carbocycles. The zero-order chi connectivity index (χ0) is 17.3. The maximum atomic E-state index is 5.87. The molecule has 134 valence electrons. The van der Waals surface area contributed by atoms with E-state index >= 15 is 0 Å². The first kappa shape index (κ1) is 18.1. The first-order valence-electron chi connectivity index (χ1n) is 9.41. The summed E-state index contributed by atoms with van der Waals surface area (Å²) in [5.74, 6) is 0.384. The van der Waals surface area contributed by atoms with E-state index in [1.807, 2.05) is 0 Å². The predicted octanol–water partition coefficient (Wildman–Crippen LogP) is 4.66. The van der Waals surface area contributed by atoms with Gasteiger partial charge < -0.3 is 14.8 Å². The maximum Gasteiger partial charge on any atom is 0.157 e. The predicted molar refractivity (Wildman–Crippen MR) is 102 cm³/mol. The first-order chi connectivity index (χ1) is 12.3.